The van der Waals surface area contributed by atoms with Gasteiger partial charge in [-0.3, -0.25) is 0 Å². The molecule has 0 aromatic heterocycles. The quantitative estimate of drug-likeness (QED) is 0.365. The van der Waals surface area contributed by atoms with Gasteiger partial charge in [0.1, 0.15) is 6.10 Å². The number of fused-ring (bicyclic) bond motifs is 5. The molecule has 4 aliphatic carbocycles. The summed E-state index contributed by atoms with van der Waals surface area (Å²) in [5.41, 5.74) is 2.12. The molecule has 0 bridgehead atoms. The number of aliphatic hydroxyl groups is 2. The van der Waals surface area contributed by atoms with E-state index in [0.29, 0.717) is 23.5 Å². The number of hydrogen-bond acceptors (Lipinski definition) is 4. The van der Waals surface area contributed by atoms with E-state index in [-0.39, 0.29) is 16.9 Å². The summed E-state index contributed by atoms with van der Waals surface area (Å²) >= 11 is 0. The second kappa shape index (κ2) is 5.06. The van der Waals surface area contributed by atoms with Crippen LogP contribution in [0.5, 0.6) is 0 Å². The standard InChI is InChI=1S/C19H29NO3/c1-18-7-5-12(21)9-11(18)3-4-13-14(18)6-8-19(2)15(13)10-16(20-23)17(19)22/h3,12-15,17,21-23H,4-10H2,1-2H3/b20-16-/t12-,13+,14-,15-,17-,18-,19-/m0/s1. The summed E-state index contributed by atoms with van der Waals surface area (Å²) in [6.07, 6.45) is 8.38. The minimum Gasteiger partial charge on any atom is -0.411 e. The average Bonchev–Trinajstić information content (AvgIpc) is 2.79. The molecule has 3 N–H and O–H groups in total. The molecular weight excluding hydrogens is 290 g/mol. The Hall–Kier alpha value is -0.870. The summed E-state index contributed by atoms with van der Waals surface area (Å²) < 4.78 is 0. The molecule has 0 aliphatic heterocycles. The van der Waals surface area contributed by atoms with Crippen molar-refractivity contribution >= 4 is 5.71 Å². The van der Waals surface area contributed by atoms with E-state index in [9.17, 15) is 15.4 Å². The van der Waals surface area contributed by atoms with Crippen molar-refractivity contribution in [1.29, 1.82) is 0 Å². The summed E-state index contributed by atoms with van der Waals surface area (Å²) in [5, 5.41) is 33.3. The maximum atomic E-state index is 10.6. The van der Waals surface area contributed by atoms with Crippen LogP contribution in [0.4, 0.5) is 0 Å². The van der Waals surface area contributed by atoms with E-state index in [1.165, 1.54) is 5.57 Å². The minimum atomic E-state index is -0.593. The topological polar surface area (TPSA) is 73.1 Å². The van der Waals surface area contributed by atoms with Crippen LogP contribution >= 0.6 is 0 Å². The molecule has 0 amide bonds. The molecule has 3 saturated carbocycles. The van der Waals surface area contributed by atoms with Gasteiger partial charge < -0.3 is 15.4 Å². The Morgan fingerprint density at radius 2 is 1.87 bits per heavy atom. The van der Waals surface area contributed by atoms with Crippen LogP contribution in [0.1, 0.15) is 58.8 Å². The van der Waals surface area contributed by atoms with Gasteiger partial charge in [-0.15, -0.1) is 0 Å². The number of oxime groups is 1. The van der Waals surface area contributed by atoms with Gasteiger partial charge in [-0.25, -0.2) is 0 Å². The molecular formula is C19H29NO3. The van der Waals surface area contributed by atoms with Crippen molar-refractivity contribution in [1.82, 2.24) is 0 Å². The Labute approximate surface area is 138 Å². The molecule has 0 radical (unpaired) electrons. The highest BCUT2D eigenvalue weighted by atomic mass is 16.4. The first kappa shape index (κ1) is 15.6. The first-order valence-electron chi connectivity index (χ1n) is 9.16. The summed E-state index contributed by atoms with van der Waals surface area (Å²) in [5.74, 6) is 1.61. The smallest absolute Gasteiger partial charge is 0.101 e. The van der Waals surface area contributed by atoms with Crippen LogP contribution in [0.3, 0.4) is 0 Å². The highest BCUT2D eigenvalue weighted by molar-refractivity contribution is 5.91. The lowest BCUT2D eigenvalue weighted by Gasteiger charge is -2.57. The van der Waals surface area contributed by atoms with E-state index in [2.05, 4.69) is 25.1 Å². The van der Waals surface area contributed by atoms with Crippen LogP contribution in [0, 0.1) is 28.6 Å². The number of aliphatic hydroxyl groups excluding tert-OH is 2. The zero-order valence-electron chi connectivity index (χ0n) is 14.2. The van der Waals surface area contributed by atoms with Crippen molar-refractivity contribution < 1.29 is 15.4 Å². The predicted octanol–water partition coefficient (Wildman–Crippen LogP) is 3.11. The maximum Gasteiger partial charge on any atom is 0.101 e. The van der Waals surface area contributed by atoms with Crippen LogP contribution < -0.4 is 0 Å². The largest absolute Gasteiger partial charge is 0.411 e. The van der Waals surface area contributed by atoms with Gasteiger partial charge in [0.2, 0.25) is 0 Å². The minimum absolute atomic E-state index is 0.140. The third kappa shape index (κ3) is 2.00. The van der Waals surface area contributed by atoms with Crippen molar-refractivity contribution in [2.45, 2.75) is 71.0 Å². The van der Waals surface area contributed by atoms with Crippen LogP contribution in [-0.4, -0.2) is 33.3 Å². The van der Waals surface area contributed by atoms with Crippen molar-refractivity contribution in [2.24, 2.45) is 33.7 Å². The van der Waals surface area contributed by atoms with E-state index >= 15 is 0 Å². The van der Waals surface area contributed by atoms with Crippen LogP contribution in [0.2, 0.25) is 0 Å². The highest BCUT2D eigenvalue weighted by Gasteiger charge is 2.60. The van der Waals surface area contributed by atoms with E-state index < -0.39 is 6.10 Å². The van der Waals surface area contributed by atoms with Crippen molar-refractivity contribution in [3.8, 4) is 0 Å². The number of rotatable bonds is 0. The van der Waals surface area contributed by atoms with E-state index in [1.807, 2.05) is 0 Å². The number of allylic oxidation sites excluding steroid dienone is 1. The average molecular weight is 319 g/mol. The van der Waals surface area contributed by atoms with Gasteiger partial charge in [0.05, 0.1) is 11.8 Å². The fraction of sp³-hybridized carbons (Fsp3) is 0.842. The molecule has 4 aliphatic rings. The number of hydrogen-bond donors (Lipinski definition) is 3. The molecule has 0 aromatic carbocycles. The van der Waals surface area contributed by atoms with Crippen LogP contribution in [-0.2, 0) is 0 Å². The third-order valence-corrected chi connectivity index (χ3v) is 8.01. The molecule has 4 rings (SSSR count). The SMILES string of the molecule is C[C@]12CC[C@H]3[C@@H](CC=C4C[C@@H](O)CC[C@@]43C)[C@@H]1C/C(=N/O)[C@@H]2O. The monoisotopic (exact) mass is 319 g/mol. The Bertz CT molecular complexity index is 571. The second-order valence-electron chi connectivity index (χ2n) is 8.90. The molecule has 7 atom stereocenters. The summed E-state index contributed by atoms with van der Waals surface area (Å²) in [6, 6.07) is 0. The fourth-order valence-corrected chi connectivity index (χ4v) is 6.53. The number of nitrogens with zero attached hydrogens (tertiary/aromatic N) is 1. The van der Waals surface area contributed by atoms with Crippen LogP contribution in [0.15, 0.2) is 16.8 Å². The van der Waals surface area contributed by atoms with Crippen molar-refractivity contribution in [3.05, 3.63) is 11.6 Å². The molecule has 0 heterocycles. The normalized spacial score (nSPS) is 54.2. The Morgan fingerprint density at radius 1 is 1.09 bits per heavy atom. The lowest BCUT2D eigenvalue weighted by molar-refractivity contribution is -0.0671. The first-order valence-corrected chi connectivity index (χ1v) is 9.16. The van der Waals surface area contributed by atoms with Gasteiger partial charge in [-0.05, 0) is 68.1 Å². The molecule has 23 heavy (non-hydrogen) atoms. The van der Waals surface area contributed by atoms with Gasteiger partial charge in [-0.2, -0.15) is 0 Å². The second-order valence-corrected chi connectivity index (χ2v) is 8.90. The third-order valence-electron chi connectivity index (χ3n) is 8.01. The van der Waals surface area contributed by atoms with E-state index in [0.717, 1.165) is 44.9 Å². The molecule has 4 nitrogen and oxygen atoms in total. The first-order chi connectivity index (χ1) is 10.9. The fourth-order valence-electron chi connectivity index (χ4n) is 6.53. The van der Waals surface area contributed by atoms with Crippen molar-refractivity contribution in [2.75, 3.05) is 0 Å². The van der Waals surface area contributed by atoms with Gasteiger partial charge in [-0.1, -0.05) is 30.7 Å². The van der Waals surface area contributed by atoms with E-state index in [1.54, 1.807) is 0 Å². The summed E-state index contributed by atoms with van der Waals surface area (Å²) in [4.78, 5) is 0. The van der Waals surface area contributed by atoms with Crippen molar-refractivity contribution in [3.63, 3.8) is 0 Å². The Kier molecular flexibility index (Phi) is 3.44. The summed E-state index contributed by atoms with van der Waals surface area (Å²) in [6.45, 7) is 4.58. The lowest BCUT2D eigenvalue weighted by Crippen LogP contribution is -2.51. The Balaban J connectivity index is 1.69. The highest BCUT2D eigenvalue weighted by Crippen LogP contribution is 2.64. The maximum absolute atomic E-state index is 10.6. The molecule has 0 unspecified atom stereocenters. The Morgan fingerprint density at radius 3 is 2.61 bits per heavy atom. The lowest BCUT2D eigenvalue weighted by atomic mass is 9.48. The van der Waals surface area contributed by atoms with Gasteiger partial charge >= 0.3 is 0 Å². The summed E-state index contributed by atoms with van der Waals surface area (Å²) in [7, 11) is 0. The van der Waals surface area contributed by atoms with E-state index in [4.69, 9.17) is 0 Å². The molecule has 4 heteroatoms. The molecule has 0 aromatic rings. The van der Waals surface area contributed by atoms with Crippen LogP contribution in [0.25, 0.3) is 0 Å². The zero-order valence-corrected chi connectivity index (χ0v) is 14.2. The molecule has 0 saturated heterocycles. The molecule has 0 spiro atoms. The van der Waals surface area contributed by atoms with Gasteiger partial charge in [0.15, 0.2) is 0 Å². The predicted molar refractivity (Wildman–Crippen MR) is 88.3 cm³/mol. The van der Waals surface area contributed by atoms with Gasteiger partial charge in [0.25, 0.3) is 0 Å². The molecule has 128 valence electrons. The van der Waals surface area contributed by atoms with Gasteiger partial charge in [0, 0.05) is 5.41 Å². The zero-order chi connectivity index (χ0) is 16.4. The molecule has 3 fully saturated rings.